The van der Waals surface area contributed by atoms with E-state index in [2.05, 4.69) is 34.3 Å². The summed E-state index contributed by atoms with van der Waals surface area (Å²) in [7, 11) is 0. The molecule has 3 aromatic rings. The lowest BCUT2D eigenvalue weighted by Gasteiger charge is -2.14. The van der Waals surface area contributed by atoms with E-state index in [1.807, 2.05) is 47.0 Å². The van der Waals surface area contributed by atoms with Crippen molar-refractivity contribution in [1.29, 1.82) is 0 Å². The maximum absolute atomic E-state index is 12.4. The molecule has 29 heavy (non-hydrogen) atoms. The number of carbonyl (C=O) groups excluding carboxylic acids is 1. The summed E-state index contributed by atoms with van der Waals surface area (Å²) in [4.78, 5) is 16.6. The van der Waals surface area contributed by atoms with Gasteiger partial charge < -0.3 is 5.32 Å². The minimum Gasteiger partial charge on any atom is -0.353 e. The van der Waals surface area contributed by atoms with E-state index < -0.39 is 0 Å². The number of hydrogen-bond acceptors (Lipinski definition) is 5. The van der Waals surface area contributed by atoms with Gasteiger partial charge in [0.2, 0.25) is 5.91 Å². The van der Waals surface area contributed by atoms with E-state index >= 15 is 0 Å². The van der Waals surface area contributed by atoms with E-state index in [9.17, 15) is 4.79 Å². The first-order valence-corrected chi connectivity index (χ1v) is 11.0. The number of aromatic nitrogens is 4. The monoisotopic (exact) mass is 409 g/mol. The summed E-state index contributed by atoms with van der Waals surface area (Å²) in [6.45, 7) is 4.24. The number of unbranched alkanes of at least 4 members (excludes halogenated alkanes) is 2. The fourth-order valence-corrected chi connectivity index (χ4v) is 3.84. The van der Waals surface area contributed by atoms with Gasteiger partial charge in [-0.2, -0.15) is 0 Å². The number of amides is 1. The normalized spacial score (nSPS) is 11.9. The van der Waals surface area contributed by atoms with Gasteiger partial charge in [-0.15, -0.1) is 10.2 Å². The second-order valence-electron chi connectivity index (χ2n) is 6.97. The van der Waals surface area contributed by atoms with Crippen LogP contribution in [0.15, 0.2) is 60.0 Å². The number of rotatable bonds is 10. The Balaban J connectivity index is 1.73. The van der Waals surface area contributed by atoms with Gasteiger partial charge in [-0.1, -0.05) is 56.1 Å². The molecule has 0 radical (unpaired) electrons. The highest BCUT2D eigenvalue weighted by molar-refractivity contribution is 7.99. The highest BCUT2D eigenvalue weighted by Gasteiger charge is 2.17. The van der Waals surface area contributed by atoms with Crippen molar-refractivity contribution in [3.05, 3.63) is 54.9 Å². The molecule has 0 saturated carbocycles. The number of para-hydroxylation sites is 1. The van der Waals surface area contributed by atoms with E-state index in [0.717, 1.165) is 24.1 Å². The van der Waals surface area contributed by atoms with Crippen molar-refractivity contribution in [3.8, 4) is 17.1 Å². The quantitative estimate of drug-likeness (QED) is 0.394. The Labute approximate surface area is 176 Å². The Morgan fingerprint density at radius 3 is 2.69 bits per heavy atom. The first kappa shape index (κ1) is 21.0. The van der Waals surface area contributed by atoms with E-state index in [0.29, 0.717) is 16.7 Å². The number of nitrogens with zero attached hydrogens (tertiary/aromatic N) is 4. The summed E-state index contributed by atoms with van der Waals surface area (Å²) < 4.78 is 1.97. The number of hydrogen-bond donors (Lipinski definition) is 1. The van der Waals surface area contributed by atoms with E-state index in [1.54, 1.807) is 12.4 Å². The first-order chi connectivity index (χ1) is 14.2. The van der Waals surface area contributed by atoms with Crippen molar-refractivity contribution in [2.45, 2.75) is 50.7 Å². The Kier molecular flexibility index (Phi) is 7.81. The van der Waals surface area contributed by atoms with Crippen LogP contribution in [0.5, 0.6) is 0 Å². The second-order valence-corrected chi connectivity index (χ2v) is 7.91. The molecule has 7 heteroatoms. The summed E-state index contributed by atoms with van der Waals surface area (Å²) in [5.74, 6) is 1.03. The standard InChI is InChI=1S/C22H27N5OS/c1-3-4-6-10-17(2)24-20(28)16-29-22-26-25-21(18-11-9-14-23-15-18)27(22)19-12-7-5-8-13-19/h5,7-9,11-15,17H,3-4,6,10,16H2,1-2H3,(H,24,28). The van der Waals surface area contributed by atoms with Crippen molar-refractivity contribution in [3.63, 3.8) is 0 Å². The third-order valence-corrected chi connectivity index (χ3v) is 5.48. The molecule has 1 aromatic carbocycles. The molecule has 0 aliphatic heterocycles. The molecule has 0 aliphatic carbocycles. The fraction of sp³-hybridized carbons (Fsp3) is 0.364. The highest BCUT2D eigenvalue weighted by atomic mass is 32.2. The SMILES string of the molecule is CCCCCC(C)NC(=O)CSc1nnc(-c2cccnc2)n1-c1ccccc1. The molecule has 1 amide bonds. The van der Waals surface area contributed by atoms with Crippen LogP contribution >= 0.6 is 11.8 Å². The fourth-order valence-electron chi connectivity index (χ4n) is 3.07. The first-order valence-electron chi connectivity index (χ1n) is 10.0. The summed E-state index contributed by atoms with van der Waals surface area (Å²) in [5.41, 5.74) is 1.83. The summed E-state index contributed by atoms with van der Waals surface area (Å²) >= 11 is 1.39. The van der Waals surface area contributed by atoms with Crippen molar-refractivity contribution in [1.82, 2.24) is 25.1 Å². The molecule has 3 rings (SSSR count). The highest BCUT2D eigenvalue weighted by Crippen LogP contribution is 2.27. The van der Waals surface area contributed by atoms with Crippen molar-refractivity contribution >= 4 is 17.7 Å². The Bertz CT molecular complexity index is 898. The number of carbonyl (C=O) groups is 1. The van der Waals surface area contributed by atoms with Gasteiger partial charge in [-0.05, 0) is 37.6 Å². The topological polar surface area (TPSA) is 72.7 Å². The molecule has 0 saturated heterocycles. The van der Waals surface area contributed by atoms with Crippen LogP contribution in [0, 0.1) is 0 Å². The van der Waals surface area contributed by atoms with Crippen LogP contribution in [0.3, 0.4) is 0 Å². The summed E-state index contributed by atoms with van der Waals surface area (Å²) in [6, 6.07) is 13.9. The van der Waals surface area contributed by atoms with Gasteiger partial charge in [0.1, 0.15) is 0 Å². The molecule has 6 nitrogen and oxygen atoms in total. The predicted octanol–water partition coefficient (Wildman–Crippen LogP) is 4.51. The molecule has 1 atom stereocenters. The average molecular weight is 410 g/mol. The van der Waals surface area contributed by atoms with Gasteiger partial charge in [-0.3, -0.25) is 14.3 Å². The van der Waals surface area contributed by atoms with Crippen molar-refractivity contribution in [2.75, 3.05) is 5.75 Å². The maximum atomic E-state index is 12.4. The Morgan fingerprint density at radius 1 is 1.14 bits per heavy atom. The zero-order valence-corrected chi connectivity index (χ0v) is 17.7. The largest absolute Gasteiger partial charge is 0.353 e. The molecule has 0 fully saturated rings. The van der Waals surface area contributed by atoms with Gasteiger partial charge in [0.05, 0.1) is 5.75 Å². The molecule has 2 heterocycles. The number of nitrogens with one attached hydrogen (secondary N) is 1. The van der Waals surface area contributed by atoms with Crippen LogP contribution < -0.4 is 5.32 Å². The molecule has 0 aliphatic rings. The lowest BCUT2D eigenvalue weighted by atomic mass is 10.1. The van der Waals surface area contributed by atoms with E-state index in [4.69, 9.17) is 0 Å². The van der Waals surface area contributed by atoms with Gasteiger partial charge in [-0.25, -0.2) is 0 Å². The van der Waals surface area contributed by atoms with Crippen molar-refractivity contribution in [2.24, 2.45) is 0 Å². The Hall–Kier alpha value is -2.67. The summed E-state index contributed by atoms with van der Waals surface area (Å²) in [5, 5.41) is 12.5. The van der Waals surface area contributed by atoms with E-state index in [-0.39, 0.29) is 11.9 Å². The molecular formula is C22H27N5OS. The Morgan fingerprint density at radius 2 is 1.97 bits per heavy atom. The van der Waals surface area contributed by atoms with Gasteiger partial charge in [0, 0.05) is 29.7 Å². The van der Waals surface area contributed by atoms with Crippen molar-refractivity contribution < 1.29 is 4.79 Å². The molecule has 0 spiro atoms. The molecule has 1 unspecified atom stereocenters. The molecule has 0 bridgehead atoms. The van der Waals surface area contributed by atoms with E-state index in [1.165, 1.54) is 24.6 Å². The lowest BCUT2D eigenvalue weighted by Crippen LogP contribution is -2.33. The number of pyridine rings is 1. The van der Waals surface area contributed by atoms with Crippen LogP contribution in [0.4, 0.5) is 0 Å². The zero-order valence-electron chi connectivity index (χ0n) is 16.9. The van der Waals surface area contributed by atoms with Gasteiger partial charge in [0.15, 0.2) is 11.0 Å². The number of benzene rings is 1. The molecular weight excluding hydrogens is 382 g/mol. The smallest absolute Gasteiger partial charge is 0.230 e. The summed E-state index contributed by atoms with van der Waals surface area (Å²) in [6.07, 6.45) is 8.03. The number of thioether (sulfide) groups is 1. The molecule has 1 N–H and O–H groups in total. The predicted molar refractivity (Wildman–Crippen MR) is 117 cm³/mol. The molecule has 2 aromatic heterocycles. The molecule has 152 valence electrons. The van der Waals surface area contributed by atoms with Crippen LogP contribution in [-0.4, -0.2) is 37.5 Å². The average Bonchev–Trinajstić information content (AvgIpc) is 3.18. The minimum absolute atomic E-state index is 0.0181. The van der Waals surface area contributed by atoms with Crippen LogP contribution in [0.1, 0.15) is 39.5 Å². The van der Waals surface area contributed by atoms with Crippen LogP contribution in [-0.2, 0) is 4.79 Å². The van der Waals surface area contributed by atoms with Gasteiger partial charge >= 0.3 is 0 Å². The van der Waals surface area contributed by atoms with Crippen LogP contribution in [0.2, 0.25) is 0 Å². The lowest BCUT2D eigenvalue weighted by molar-refractivity contribution is -0.119. The zero-order chi connectivity index (χ0) is 20.5. The minimum atomic E-state index is 0.0181. The third-order valence-electron chi connectivity index (χ3n) is 4.55. The maximum Gasteiger partial charge on any atom is 0.230 e. The van der Waals surface area contributed by atoms with Gasteiger partial charge in [0.25, 0.3) is 0 Å². The second kappa shape index (κ2) is 10.8. The van der Waals surface area contributed by atoms with Crippen LogP contribution in [0.25, 0.3) is 17.1 Å². The third kappa shape index (κ3) is 5.90.